The molecule has 2 N–H and O–H groups in total. The fraction of sp³-hybridized carbons (Fsp3) is 0.350. The maximum Gasteiger partial charge on any atom is 0.175 e. The van der Waals surface area contributed by atoms with Crippen LogP contribution in [0, 0.1) is 27.7 Å². The third kappa shape index (κ3) is 4.11. The lowest BCUT2D eigenvalue weighted by Crippen LogP contribution is -2.22. The third-order valence-corrected chi connectivity index (χ3v) is 4.29. The highest BCUT2D eigenvalue weighted by Crippen LogP contribution is 2.28. The van der Waals surface area contributed by atoms with Gasteiger partial charge in [0, 0.05) is 11.4 Å². The average molecular weight is 327 g/mol. The molecule has 122 valence electrons. The largest absolute Gasteiger partial charge is 0.332 e. The van der Waals surface area contributed by atoms with Gasteiger partial charge < -0.3 is 10.6 Å². The zero-order chi connectivity index (χ0) is 17.1. The third-order valence-electron chi connectivity index (χ3n) is 4.08. The van der Waals surface area contributed by atoms with Gasteiger partial charge in [0.25, 0.3) is 0 Å². The summed E-state index contributed by atoms with van der Waals surface area (Å²) >= 11 is 5.55. The number of hydrogen-bond donors (Lipinski definition) is 2. The van der Waals surface area contributed by atoms with E-state index in [1.54, 1.807) is 0 Å². The Labute approximate surface area is 145 Å². The van der Waals surface area contributed by atoms with Gasteiger partial charge in [0.05, 0.1) is 0 Å². The predicted octanol–water partition coefficient (Wildman–Crippen LogP) is 5.85. The normalized spacial score (nSPS) is 10.7. The first-order valence-corrected chi connectivity index (χ1v) is 8.45. The van der Waals surface area contributed by atoms with Crippen molar-refractivity contribution in [2.75, 3.05) is 10.6 Å². The number of anilines is 2. The molecule has 0 saturated carbocycles. The second kappa shape index (κ2) is 7.14. The van der Waals surface area contributed by atoms with Crippen molar-refractivity contribution < 1.29 is 0 Å². The van der Waals surface area contributed by atoms with Crippen molar-refractivity contribution in [2.24, 2.45) is 0 Å². The van der Waals surface area contributed by atoms with E-state index >= 15 is 0 Å². The van der Waals surface area contributed by atoms with Crippen LogP contribution < -0.4 is 10.6 Å². The Bertz CT molecular complexity index is 709. The molecular weight excluding hydrogens is 300 g/mol. The fourth-order valence-corrected chi connectivity index (χ4v) is 3.18. The van der Waals surface area contributed by atoms with E-state index in [1.165, 1.54) is 27.8 Å². The highest BCUT2D eigenvalue weighted by Gasteiger charge is 2.11. The lowest BCUT2D eigenvalue weighted by Gasteiger charge is -2.20. The summed E-state index contributed by atoms with van der Waals surface area (Å²) in [6, 6.07) is 10.7. The molecule has 0 radical (unpaired) electrons. The second-order valence-electron chi connectivity index (χ2n) is 6.55. The molecule has 0 atom stereocenters. The van der Waals surface area contributed by atoms with Crippen LogP contribution in [-0.2, 0) is 0 Å². The molecule has 0 unspecified atom stereocenters. The van der Waals surface area contributed by atoms with Crippen LogP contribution in [0.5, 0.6) is 0 Å². The Morgan fingerprint density at radius 3 is 2.00 bits per heavy atom. The second-order valence-corrected chi connectivity index (χ2v) is 6.95. The molecule has 2 aromatic carbocycles. The van der Waals surface area contributed by atoms with Crippen LogP contribution in [0.1, 0.15) is 47.6 Å². The van der Waals surface area contributed by atoms with Gasteiger partial charge in [-0.2, -0.15) is 0 Å². The van der Waals surface area contributed by atoms with Crippen molar-refractivity contribution in [1.29, 1.82) is 0 Å². The Morgan fingerprint density at radius 1 is 0.870 bits per heavy atom. The van der Waals surface area contributed by atoms with Crippen LogP contribution >= 0.6 is 12.2 Å². The lowest BCUT2D eigenvalue weighted by molar-refractivity contribution is 0.868. The summed E-state index contributed by atoms with van der Waals surface area (Å²) < 4.78 is 0. The van der Waals surface area contributed by atoms with E-state index in [0.29, 0.717) is 11.0 Å². The van der Waals surface area contributed by atoms with Crippen LogP contribution in [0.25, 0.3) is 0 Å². The summed E-state index contributed by atoms with van der Waals surface area (Å²) in [6.07, 6.45) is 0. The van der Waals surface area contributed by atoms with Crippen molar-refractivity contribution in [3.05, 3.63) is 58.1 Å². The van der Waals surface area contributed by atoms with Crippen LogP contribution in [0.15, 0.2) is 30.3 Å². The highest BCUT2D eigenvalue weighted by molar-refractivity contribution is 7.80. The van der Waals surface area contributed by atoms with E-state index in [-0.39, 0.29) is 0 Å². The molecule has 3 heteroatoms. The van der Waals surface area contributed by atoms with E-state index in [0.717, 1.165) is 11.4 Å². The van der Waals surface area contributed by atoms with Crippen LogP contribution in [-0.4, -0.2) is 5.11 Å². The van der Waals surface area contributed by atoms with E-state index in [2.05, 4.69) is 82.5 Å². The lowest BCUT2D eigenvalue weighted by atomic mass is 9.98. The van der Waals surface area contributed by atoms with E-state index in [1.807, 2.05) is 0 Å². The summed E-state index contributed by atoms with van der Waals surface area (Å²) in [4.78, 5) is 0. The molecule has 0 aliphatic rings. The van der Waals surface area contributed by atoms with Crippen molar-refractivity contribution in [3.63, 3.8) is 0 Å². The van der Waals surface area contributed by atoms with Crippen molar-refractivity contribution in [1.82, 2.24) is 0 Å². The molecule has 2 rings (SSSR count). The minimum absolute atomic E-state index is 0.447. The Morgan fingerprint density at radius 2 is 1.43 bits per heavy atom. The highest BCUT2D eigenvalue weighted by atomic mass is 32.1. The predicted molar refractivity (Wildman–Crippen MR) is 106 cm³/mol. The molecule has 0 spiro atoms. The molecule has 2 aromatic rings. The van der Waals surface area contributed by atoms with Gasteiger partial charge in [0.1, 0.15) is 0 Å². The minimum Gasteiger partial charge on any atom is -0.332 e. The summed E-state index contributed by atoms with van der Waals surface area (Å²) in [6.45, 7) is 12.8. The minimum atomic E-state index is 0.447. The first kappa shape index (κ1) is 17.5. The molecule has 0 saturated heterocycles. The fourth-order valence-electron chi connectivity index (χ4n) is 2.98. The zero-order valence-corrected chi connectivity index (χ0v) is 15.7. The molecule has 0 heterocycles. The van der Waals surface area contributed by atoms with Crippen LogP contribution in [0.4, 0.5) is 11.4 Å². The quantitative estimate of drug-likeness (QED) is 0.692. The Balaban J connectivity index is 2.25. The molecule has 0 aliphatic carbocycles. The van der Waals surface area contributed by atoms with Gasteiger partial charge in [0.15, 0.2) is 5.11 Å². The number of hydrogen-bond acceptors (Lipinski definition) is 1. The zero-order valence-electron chi connectivity index (χ0n) is 14.9. The summed E-state index contributed by atoms with van der Waals surface area (Å²) in [5.41, 5.74) is 8.38. The van der Waals surface area contributed by atoms with Gasteiger partial charge in [-0.05, 0) is 68.1 Å². The number of rotatable bonds is 3. The number of aryl methyl sites for hydroxylation is 4. The maximum absolute atomic E-state index is 5.55. The smallest absolute Gasteiger partial charge is 0.175 e. The van der Waals surface area contributed by atoms with Crippen molar-refractivity contribution in [2.45, 2.75) is 47.5 Å². The van der Waals surface area contributed by atoms with Crippen molar-refractivity contribution in [3.8, 4) is 0 Å². The molecule has 23 heavy (non-hydrogen) atoms. The van der Waals surface area contributed by atoms with E-state index < -0.39 is 0 Å². The molecule has 2 nitrogen and oxygen atoms in total. The first-order valence-electron chi connectivity index (χ1n) is 8.05. The van der Waals surface area contributed by atoms with Gasteiger partial charge in [0.2, 0.25) is 0 Å². The molecule has 0 aromatic heterocycles. The van der Waals surface area contributed by atoms with Crippen LogP contribution in [0.3, 0.4) is 0 Å². The average Bonchev–Trinajstić information content (AvgIpc) is 2.44. The Kier molecular flexibility index (Phi) is 5.42. The number of nitrogens with one attached hydrogen (secondary N) is 2. The molecule has 0 amide bonds. The monoisotopic (exact) mass is 326 g/mol. The molecule has 0 fully saturated rings. The Hall–Kier alpha value is -1.87. The number of para-hydroxylation sites is 1. The molecule has 0 bridgehead atoms. The SMILES string of the molecule is Cc1cc(C)c(NC(=S)Nc2c(C)cccc2C(C)C)c(C)c1. The standard InChI is InChI=1S/C20H26N2S/c1-12(2)17-9-7-8-14(4)19(17)22-20(23)21-18-15(5)10-13(3)11-16(18)6/h7-12H,1-6H3,(H2,21,22,23). The summed E-state index contributed by atoms with van der Waals surface area (Å²) in [5, 5.41) is 7.40. The first-order chi connectivity index (χ1) is 10.8. The molecular formula is C20H26N2S. The maximum atomic E-state index is 5.55. The van der Waals surface area contributed by atoms with Gasteiger partial charge in [-0.25, -0.2) is 0 Å². The molecule has 0 aliphatic heterocycles. The summed E-state index contributed by atoms with van der Waals surface area (Å²) in [5.74, 6) is 0.447. The number of thiocarbonyl (C=S) groups is 1. The van der Waals surface area contributed by atoms with Gasteiger partial charge in [-0.15, -0.1) is 0 Å². The van der Waals surface area contributed by atoms with Gasteiger partial charge in [-0.3, -0.25) is 0 Å². The van der Waals surface area contributed by atoms with E-state index in [9.17, 15) is 0 Å². The topological polar surface area (TPSA) is 24.1 Å². The van der Waals surface area contributed by atoms with E-state index in [4.69, 9.17) is 12.2 Å². The van der Waals surface area contributed by atoms with Gasteiger partial charge >= 0.3 is 0 Å². The summed E-state index contributed by atoms with van der Waals surface area (Å²) in [7, 11) is 0. The number of benzene rings is 2. The van der Waals surface area contributed by atoms with Gasteiger partial charge in [-0.1, -0.05) is 49.7 Å². The van der Waals surface area contributed by atoms with Crippen molar-refractivity contribution >= 4 is 28.7 Å². The van der Waals surface area contributed by atoms with Crippen LogP contribution in [0.2, 0.25) is 0 Å².